The second kappa shape index (κ2) is 7.31. The third-order valence-corrected chi connectivity index (χ3v) is 3.60. The zero-order valence-electron chi connectivity index (χ0n) is 11.3. The molecule has 2 atom stereocenters. The zero-order valence-corrected chi connectivity index (χ0v) is 12.1. The molecule has 0 spiro atoms. The molecule has 2 fully saturated rings. The highest BCUT2D eigenvalue weighted by atomic mass is 35.5. The smallest absolute Gasteiger partial charge is 0.225 e. The Morgan fingerprint density at radius 3 is 2.72 bits per heavy atom. The number of ether oxygens (including phenoxy) is 1. The maximum Gasteiger partial charge on any atom is 0.225 e. The van der Waals surface area contributed by atoms with E-state index in [1.54, 1.807) is 0 Å². The Hall–Kier alpha value is -0.320. The Labute approximate surface area is 116 Å². The lowest BCUT2D eigenvalue weighted by Gasteiger charge is -2.33. The molecule has 0 aromatic carbocycles. The fourth-order valence-electron chi connectivity index (χ4n) is 2.49. The molecule has 0 bridgehead atoms. The fraction of sp³-hybridized carbons (Fsp3) is 0.923. The summed E-state index contributed by atoms with van der Waals surface area (Å²) in [5.41, 5.74) is 0. The van der Waals surface area contributed by atoms with Crippen LogP contribution in [0.25, 0.3) is 0 Å². The summed E-state index contributed by atoms with van der Waals surface area (Å²) >= 11 is 0. The van der Waals surface area contributed by atoms with Gasteiger partial charge in [0.1, 0.15) is 0 Å². The molecule has 2 saturated heterocycles. The van der Waals surface area contributed by atoms with Crippen LogP contribution in [0, 0.1) is 11.8 Å². The lowest BCUT2D eigenvalue weighted by Crippen LogP contribution is -2.54. The third-order valence-electron chi connectivity index (χ3n) is 3.60. The van der Waals surface area contributed by atoms with Crippen LogP contribution in [0.2, 0.25) is 0 Å². The van der Waals surface area contributed by atoms with Gasteiger partial charge in [0.15, 0.2) is 0 Å². The summed E-state index contributed by atoms with van der Waals surface area (Å²) in [6.07, 6.45) is 3.36. The van der Waals surface area contributed by atoms with Gasteiger partial charge in [-0.3, -0.25) is 4.79 Å². The standard InChI is InChI=1S/C13H24N2O2.ClH/c1-9(2)5-12-6-11(3-4-17-12)15-13(16)10-7-14-8-10;/h9-12,14H,3-8H2,1-2H3,(H,15,16);1H. The SMILES string of the molecule is CC(C)CC1CC(NC(=O)C2CNC2)CCO1.Cl. The Balaban J connectivity index is 0.00000162. The Morgan fingerprint density at radius 1 is 1.44 bits per heavy atom. The average molecular weight is 277 g/mol. The molecule has 2 unspecified atom stereocenters. The van der Waals surface area contributed by atoms with Crippen LogP contribution in [-0.2, 0) is 9.53 Å². The van der Waals surface area contributed by atoms with Crippen molar-refractivity contribution < 1.29 is 9.53 Å². The first-order valence-electron chi connectivity index (χ1n) is 6.78. The number of hydrogen-bond donors (Lipinski definition) is 2. The van der Waals surface area contributed by atoms with Gasteiger partial charge in [-0.05, 0) is 25.2 Å². The summed E-state index contributed by atoms with van der Waals surface area (Å²) in [6.45, 7) is 6.89. The van der Waals surface area contributed by atoms with Gasteiger partial charge in [-0.15, -0.1) is 12.4 Å². The first-order chi connectivity index (χ1) is 8.15. The lowest BCUT2D eigenvalue weighted by atomic mass is 9.95. The van der Waals surface area contributed by atoms with Crippen molar-refractivity contribution in [1.29, 1.82) is 0 Å². The summed E-state index contributed by atoms with van der Waals surface area (Å²) in [5, 5.41) is 6.29. The van der Waals surface area contributed by atoms with Crippen molar-refractivity contribution in [3.05, 3.63) is 0 Å². The van der Waals surface area contributed by atoms with Gasteiger partial charge in [-0.1, -0.05) is 13.8 Å². The minimum atomic E-state index is 0. The van der Waals surface area contributed by atoms with Crippen LogP contribution >= 0.6 is 12.4 Å². The minimum absolute atomic E-state index is 0. The van der Waals surface area contributed by atoms with Crippen LogP contribution in [0.1, 0.15) is 33.1 Å². The number of amides is 1. The summed E-state index contributed by atoms with van der Waals surface area (Å²) in [7, 11) is 0. The largest absolute Gasteiger partial charge is 0.378 e. The number of hydrogen-bond acceptors (Lipinski definition) is 3. The minimum Gasteiger partial charge on any atom is -0.378 e. The summed E-state index contributed by atoms with van der Waals surface area (Å²) in [4.78, 5) is 11.8. The first-order valence-corrected chi connectivity index (χ1v) is 6.78. The molecule has 2 rings (SSSR count). The van der Waals surface area contributed by atoms with E-state index in [4.69, 9.17) is 4.74 Å². The van der Waals surface area contributed by atoms with Crippen molar-refractivity contribution in [1.82, 2.24) is 10.6 Å². The summed E-state index contributed by atoms with van der Waals surface area (Å²) < 4.78 is 5.74. The average Bonchev–Trinajstić information content (AvgIpc) is 2.13. The molecule has 0 aromatic heterocycles. The highest BCUT2D eigenvalue weighted by Crippen LogP contribution is 2.20. The molecule has 5 heteroatoms. The summed E-state index contributed by atoms with van der Waals surface area (Å²) in [5.74, 6) is 1.07. The normalized spacial score (nSPS) is 28.4. The van der Waals surface area contributed by atoms with E-state index in [1.165, 1.54) is 0 Å². The topological polar surface area (TPSA) is 50.4 Å². The quantitative estimate of drug-likeness (QED) is 0.815. The molecule has 0 radical (unpaired) electrons. The van der Waals surface area contributed by atoms with Crippen molar-refractivity contribution >= 4 is 18.3 Å². The molecule has 0 saturated carbocycles. The van der Waals surface area contributed by atoms with E-state index < -0.39 is 0 Å². The van der Waals surface area contributed by atoms with Crippen molar-refractivity contribution in [2.75, 3.05) is 19.7 Å². The van der Waals surface area contributed by atoms with Gasteiger partial charge in [0.2, 0.25) is 5.91 Å². The lowest BCUT2D eigenvalue weighted by molar-refractivity contribution is -0.128. The van der Waals surface area contributed by atoms with Crippen LogP contribution in [-0.4, -0.2) is 37.7 Å². The van der Waals surface area contributed by atoms with Crippen LogP contribution in [0.5, 0.6) is 0 Å². The molecule has 0 aromatic rings. The van der Waals surface area contributed by atoms with Crippen LogP contribution in [0.3, 0.4) is 0 Å². The molecular formula is C13H25ClN2O2. The fourth-order valence-corrected chi connectivity index (χ4v) is 2.49. The van der Waals surface area contributed by atoms with Crippen molar-refractivity contribution in [2.45, 2.75) is 45.3 Å². The van der Waals surface area contributed by atoms with E-state index in [9.17, 15) is 4.79 Å². The number of nitrogens with one attached hydrogen (secondary N) is 2. The van der Waals surface area contributed by atoms with Crippen LogP contribution in [0.4, 0.5) is 0 Å². The molecule has 2 N–H and O–H groups in total. The Kier molecular flexibility index (Phi) is 6.39. The Bertz CT molecular complexity index is 270. The maximum absolute atomic E-state index is 11.8. The van der Waals surface area contributed by atoms with E-state index in [-0.39, 0.29) is 24.2 Å². The predicted molar refractivity (Wildman–Crippen MR) is 74.0 cm³/mol. The highest BCUT2D eigenvalue weighted by molar-refractivity contribution is 5.85. The predicted octanol–water partition coefficient (Wildman–Crippen LogP) is 1.34. The molecule has 0 aliphatic carbocycles. The van der Waals surface area contributed by atoms with Crippen LogP contribution in [0.15, 0.2) is 0 Å². The molecule has 106 valence electrons. The van der Waals surface area contributed by atoms with E-state index in [2.05, 4.69) is 24.5 Å². The van der Waals surface area contributed by atoms with Gasteiger partial charge in [0, 0.05) is 25.7 Å². The van der Waals surface area contributed by atoms with Crippen molar-refractivity contribution in [3.8, 4) is 0 Å². The number of rotatable bonds is 4. The number of halogens is 1. The van der Waals surface area contributed by atoms with Gasteiger partial charge >= 0.3 is 0 Å². The molecule has 2 aliphatic heterocycles. The number of carbonyl (C=O) groups is 1. The first kappa shape index (κ1) is 15.7. The van der Waals surface area contributed by atoms with E-state index in [0.717, 1.165) is 39.0 Å². The molecule has 1 amide bonds. The van der Waals surface area contributed by atoms with E-state index in [0.29, 0.717) is 18.1 Å². The van der Waals surface area contributed by atoms with Gasteiger partial charge in [0.25, 0.3) is 0 Å². The van der Waals surface area contributed by atoms with Crippen molar-refractivity contribution in [3.63, 3.8) is 0 Å². The van der Waals surface area contributed by atoms with Crippen LogP contribution < -0.4 is 10.6 Å². The monoisotopic (exact) mass is 276 g/mol. The molecule has 2 aliphatic rings. The molecular weight excluding hydrogens is 252 g/mol. The van der Waals surface area contributed by atoms with Gasteiger partial charge < -0.3 is 15.4 Å². The number of carbonyl (C=O) groups excluding carboxylic acids is 1. The second-order valence-electron chi connectivity index (χ2n) is 5.71. The third kappa shape index (κ3) is 4.41. The molecule has 18 heavy (non-hydrogen) atoms. The van der Waals surface area contributed by atoms with E-state index >= 15 is 0 Å². The summed E-state index contributed by atoms with van der Waals surface area (Å²) in [6, 6.07) is 0.320. The second-order valence-corrected chi connectivity index (χ2v) is 5.71. The maximum atomic E-state index is 11.8. The van der Waals surface area contributed by atoms with Crippen molar-refractivity contribution in [2.24, 2.45) is 11.8 Å². The molecule has 2 heterocycles. The Morgan fingerprint density at radius 2 is 2.17 bits per heavy atom. The van der Waals surface area contributed by atoms with Gasteiger partial charge in [0.05, 0.1) is 12.0 Å². The zero-order chi connectivity index (χ0) is 12.3. The molecule has 4 nitrogen and oxygen atoms in total. The van der Waals surface area contributed by atoms with Gasteiger partial charge in [-0.25, -0.2) is 0 Å². The van der Waals surface area contributed by atoms with Gasteiger partial charge in [-0.2, -0.15) is 0 Å². The van der Waals surface area contributed by atoms with E-state index in [1.807, 2.05) is 0 Å². The highest BCUT2D eigenvalue weighted by Gasteiger charge is 2.29.